The summed E-state index contributed by atoms with van der Waals surface area (Å²) in [6, 6.07) is 10.2. The van der Waals surface area contributed by atoms with Crippen LogP contribution >= 0.6 is 24.0 Å². The Hall–Kier alpha value is -1.13. The van der Waals surface area contributed by atoms with Crippen LogP contribution in [-0.2, 0) is 4.84 Å². The predicted molar refractivity (Wildman–Crippen MR) is 91.3 cm³/mol. The maximum Gasteiger partial charge on any atom is 0.255 e. The summed E-state index contributed by atoms with van der Waals surface area (Å²) in [5.74, 6) is 0.550. The zero-order valence-corrected chi connectivity index (χ0v) is 13.3. The Morgan fingerprint density at radius 1 is 1.40 bits per heavy atom. The molecule has 0 radical (unpaired) electrons. The molecule has 0 saturated carbocycles. The SMILES string of the molecule is CSC(=S)O/N=C(\CC1C=CCCC1)c1ccccc1. The fraction of sp³-hybridized carbons (Fsp3) is 0.375. The Morgan fingerprint density at radius 3 is 2.85 bits per heavy atom. The summed E-state index contributed by atoms with van der Waals surface area (Å²) >= 11 is 6.44. The van der Waals surface area contributed by atoms with E-state index in [0.29, 0.717) is 10.3 Å². The number of thiocarbonyl (C=S) groups is 1. The molecule has 0 aromatic heterocycles. The van der Waals surface area contributed by atoms with Gasteiger partial charge in [-0.2, -0.15) is 0 Å². The van der Waals surface area contributed by atoms with E-state index in [4.69, 9.17) is 17.1 Å². The molecule has 1 atom stereocenters. The smallest absolute Gasteiger partial charge is 0.255 e. The van der Waals surface area contributed by atoms with Gasteiger partial charge in [-0.25, -0.2) is 0 Å². The lowest BCUT2D eigenvalue weighted by molar-refractivity contribution is 0.345. The predicted octanol–water partition coefficient (Wildman–Crippen LogP) is 4.80. The molecule has 0 aliphatic heterocycles. The minimum absolute atomic E-state index is 0.456. The van der Waals surface area contributed by atoms with Crippen molar-refractivity contribution in [1.82, 2.24) is 0 Å². The Bertz CT molecular complexity index is 496. The van der Waals surface area contributed by atoms with Crippen LogP contribution in [0.5, 0.6) is 0 Å². The van der Waals surface area contributed by atoms with E-state index in [2.05, 4.69) is 29.4 Å². The molecule has 0 N–H and O–H groups in total. The standard InChI is InChI=1S/C16H19NOS2/c1-20-16(19)18-17-15(14-10-6-3-7-11-14)12-13-8-4-2-5-9-13/h3-4,6-8,10-11,13H,2,5,9,12H2,1H3/b17-15+. The van der Waals surface area contributed by atoms with E-state index in [1.807, 2.05) is 24.5 Å². The van der Waals surface area contributed by atoms with Crippen molar-refractivity contribution < 1.29 is 4.84 Å². The highest BCUT2D eigenvalue weighted by Gasteiger charge is 2.14. The number of hydrogen-bond donors (Lipinski definition) is 0. The van der Waals surface area contributed by atoms with Crippen molar-refractivity contribution in [3.8, 4) is 0 Å². The van der Waals surface area contributed by atoms with E-state index in [1.54, 1.807) is 0 Å². The van der Waals surface area contributed by atoms with Gasteiger partial charge >= 0.3 is 0 Å². The lowest BCUT2D eigenvalue weighted by Crippen LogP contribution is -2.11. The lowest BCUT2D eigenvalue weighted by atomic mass is 9.89. The van der Waals surface area contributed by atoms with Gasteiger partial charge < -0.3 is 4.84 Å². The minimum Gasteiger partial charge on any atom is -0.338 e. The van der Waals surface area contributed by atoms with Crippen molar-refractivity contribution >= 4 is 34.1 Å². The number of thioether (sulfide) groups is 1. The molecule has 1 aromatic rings. The van der Waals surface area contributed by atoms with Gasteiger partial charge in [-0.1, -0.05) is 59.4 Å². The first-order valence-corrected chi connectivity index (χ1v) is 8.47. The molecule has 20 heavy (non-hydrogen) atoms. The van der Waals surface area contributed by atoms with Crippen LogP contribution in [0.4, 0.5) is 0 Å². The maximum absolute atomic E-state index is 5.31. The molecule has 1 aromatic carbocycles. The molecule has 106 valence electrons. The molecular formula is C16H19NOS2. The van der Waals surface area contributed by atoms with Gasteiger partial charge in [0.25, 0.3) is 4.38 Å². The number of oxime groups is 1. The highest BCUT2D eigenvalue weighted by Crippen LogP contribution is 2.23. The molecule has 0 fully saturated rings. The first-order chi connectivity index (χ1) is 9.79. The molecule has 1 aliphatic carbocycles. The Labute approximate surface area is 130 Å². The molecule has 2 rings (SSSR count). The molecular weight excluding hydrogens is 286 g/mol. The summed E-state index contributed by atoms with van der Waals surface area (Å²) in [5.41, 5.74) is 2.08. The van der Waals surface area contributed by atoms with Crippen LogP contribution in [0.25, 0.3) is 0 Å². The molecule has 1 aliphatic rings. The Morgan fingerprint density at radius 2 is 2.20 bits per heavy atom. The largest absolute Gasteiger partial charge is 0.338 e. The van der Waals surface area contributed by atoms with Gasteiger partial charge in [0.2, 0.25) is 0 Å². The second-order valence-electron chi connectivity index (χ2n) is 4.77. The second-order valence-corrected chi connectivity index (χ2v) is 6.18. The third-order valence-electron chi connectivity index (χ3n) is 3.31. The van der Waals surface area contributed by atoms with E-state index >= 15 is 0 Å². The zero-order chi connectivity index (χ0) is 14.2. The third-order valence-corrected chi connectivity index (χ3v) is 4.30. The van der Waals surface area contributed by atoms with E-state index in [-0.39, 0.29) is 0 Å². The molecule has 2 nitrogen and oxygen atoms in total. The Kier molecular flexibility index (Phi) is 6.27. The molecule has 0 saturated heterocycles. The first kappa shape index (κ1) is 15.3. The summed E-state index contributed by atoms with van der Waals surface area (Å²) in [5, 5.41) is 4.28. The van der Waals surface area contributed by atoms with Gasteiger partial charge in [0.05, 0.1) is 5.71 Å². The van der Waals surface area contributed by atoms with Crippen LogP contribution < -0.4 is 0 Å². The normalized spacial score (nSPS) is 18.9. The third kappa shape index (κ3) is 4.76. The maximum atomic E-state index is 5.31. The molecule has 0 heterocycles. The van der Waals surface area contributed by atoms with Gasteiger partial charge in [0.1, 0.15) is 0 Å². The van der Waals surface area contributed by atoms with Crippen LogP contribution in [0.2, 0.25) is 0 Å². The summed E-state index contributed by atoms with van der Waals surface area (Å²) < 4.78 is 0.456. The van der Waals surface area contributed by atoms with E-state index < -0.39 is 0 Å². The fourth-order valence-electron chi connectivity index (χ4n) is 2.27. The van der Waals surface area contributed by atoms with Crippen LogP contribution in [0, 0.1) is 5.92 Å². The molecule has 0 spiro atoms. The van der Waals surface area contributed by atoms with Crippen molar-refractivity contribution in [2.75, 3.05) is 6.26 Å². The van der Waals surface area contributed by atoms with Crippen LogP contribution in [-0.4, -0.2) is 16.4 Å². The average molecular weight is 305 g/mol. The quantitative estimate of drug-likeness (QED) is 0.345. The van der Waals surface area contributed by atoms with Gasteiger partial charge in [-0.15, -0.1) is 0 Å². The van der Waals surface area contributed by atoms with Crippen molar-refractivity contribution in [2.45, 2.75) is 25.7 Å². The average Bonchev–Trinajstić information content (AvgIpc) is 2.53. The van der Waals surface area contributed by atoms with Crippen molar-refractivity contribution in [2.24, 2.45) is 11.1 Å². The summed E-state index contributed by atoms with van der Waals surface area (Å²) in [7, 11) is 0. The highest BCUT2D eigenvalue weighted by molar-refractivity contribution is 8.22. The van der Waals surface area contributed by atoms with Gasteiger partial charge in [-0.05, 0) is 55.6 Å². The van der Waals surface area contributed by atoms with Crippen LogP contribution in [0.3, 0.4) is 0 Å². The molecule has 1 unspecified atom stereocenters. The number of allylic oxidation sites excluding steroid dienone is 2. The van der Waals surface area contributed by atoms with E-state index in [1.165, 1.54) is 31.0 Å². The highest BCUT2D eigenvalue weighted by atomic mass is 32.2. The molecule has 0 bridgehead atoms. The second kappa shape index (κ2) is 8.22. The summed E-state index contributed by atoms with van der Waals surface area (Å²) in [6.45, 7) is 0. The van der Waals surface area contributed by atoms with Crippen molar-refractivity contribution in [3.63, 3.8) is 0 Å². The van der Waals surface area contributed by atoms with Gasteiger partial charge in [0, 0.05) is 0 Å². The Balaban J connectivity index is 2.13. The summed E-state index contributed by atoms with van der Waals surface area (Å²) in [6.07, 6.45) is 11.0. The lowest BCUT2D eigenvalue weighted by Gasteiger charge is -2.17. The number of hydrogen-bond acceptors (Lipinski definition) is 4. The van der Waals surface area contributed by atoms with Crippen molar-refractivity contribution in [3.05, 3.63) is 48.0 Å². The minimum atomic E-state index is 0.456. The molecule has 4 heteroatoms. The topological polar surface area (TPSA) is 21.6 Å². The fourth-order valence-corrected chi connectivity index (χ4v) is 2.42. The van der Waals surface area contributed by atoms with Gasteiger partial charge in [-0.3, -0.25) is 0 Å². The number of benzene rings is 1. The van der Waals surface area contributed by atoms with Crippen molar-refractivity contribution in [1.29, 1.82) is 0 Å². The van der Waals surface area contributed by atoms with Crippen LogP contribution in [0.15, 0.2) is 47.6 Å². The number of nitrogens with zero attached hydrogens (tertiary/aromatic N) is 1. The van der Waals surface area contributed by atoms with E-state index in [9.17, 15) is 0 Å². The molecule has 0 amide bonds. The monoisotopic (exact) mass is 305 g/mol. The summed E-state index contributed by atoms with van der Waals surface area (Å²) in [4.78, 5) is 5.31. The zero-order valence-electron chi connectivity index (χ0n) is 11.6. The van der Waals surface area contributed by atoms with E-state index in [0.717, 1.165) is 17.7 Å². The number of rotatable bonds is 4. The first-order valence-electron chi connectivity index (χ1n) is 6.83. The van der Waals surface area contributed by atoms with Crippen LogP contribution in [0.1, 0.15) is 31.2 Å². The van der Waals surface area contributed by atoms with Gasteiger partial charge in [0.15, 0.2) is 0 Å².